The summed E-state index contributed by atoms with van der Waals surface area (Å²) in [7, 11) is -4.15. The Labute approximate surface area is 70.4 Å². The quantitative estimate of drug-likeness (QED) is 0.690. The predicted molar refractivity (Wildman–Crippen MR) is 40.5 cm³/mol. The van der Waals surface area contributed by atoms with Crippen LogP contribution in [0.2, 0.25) is 0 Å². The molecule has 0 unspecified atom stereocenters. The van der Waals surface area contributed by atoms with Crippen molar-refractivity contribution in [3.8, 4) is 0 Å². The summed E-state index contributed by atoms with van der Waals surface area (Å²) in [6.07, 6.45) is 0. The average molecular weight is 199 g/mol. The van der Waals surface area contributed by atoms with E-state index in [0.29, 0.717) is 5.76 Å². The first-order valence-corrected chi connectivity index (χ1v) is 3.98. The van der Waals surface area contributed by atoms with Crippen molar-refractivity contribution < 1.29 is 17.4 Å². The zero-order valence-electron chi connectivity index (χ0n) is 5.64. The summed E-state index contributed by atoms with van der Waals surface area (Å²) in [6.45, 7) is 1.59. The molecule has 6 heteroatoms. The average Bonchev–Trinajstić information content (AvgIpc) is 2.11. The number of furan rings is 1. The van der Waals surface area contributed by atoms with E-state index in [1.165, 1.54) is 12.1 Å². The van der Waals surface area contributed by atoms with E-state index in [0.717, 1.165) is 0 Å². The molecule has 1 aromatic heterocycles. The lowest BCUT2D eigenvalue weighted by molar-refractivity contribution is 0.394. The van der Waals surface area contributed by atoms with Gasteiger partial charge in [-0.25, -0.2) is 0 Å². The second kappa shape index (κ2) is 3.25. The van der Waals surface area contributed by atoms with E-state index in [-0.39, 0.29) is 12.4 Å². The van der Waals surface area contributed by atoms with Gasteiger partial charge in [0.15, 0.2) is 0 Å². The maximum atomic E-state index is 10.3. The second-order valence-electron chi connectivity index (χ2n) is 1.84. The molecule has 0 aliphatic heterocycles. The minimum absolute atomic E-state index is 0. The molecule has 0 aliphatic carbocycles. The molecule has 0 bridgehead atoms. The third-order valence-corrected chi connectivity index (χ3v) is 1.70. The van der Waals surface area contributed by atoms with Crippen molar-refractivity contribution in [2.75, 3.05) is 0 Å². The highest BCUT2D eigenvalue weighted by Gasteiger charge is 2.12. The van der Waals surface area contributed by atoms with Crippen molar-refractivity contribution in [1.82, 2.24) is 0 Å². The van der Waals surface area contributed by atoms with Crippen LogP contribution < -0.4 is 0 Å². The van der Waals surface area contributed by atoms with Crippen LogP contribution in [-0.2, 0) is 10.1 Å². The van der Waals surface area contributed by atoms with Gasteiger partial charge in [-0.2, -0.15) is 8.42 Å². The van der Waals surface area contributed by atoms with Crippen LogP contribution in [0.1, 0.15) is 5.76 Å². The van der Waals surface area contributed by atoms with Gasteiger partial charge in [0, 0.05) is 0 Å². The molecule has 0 saturated heterocycles. The molecule has 0 amide bonds. The minimum Gasteiger partial charge on any atom is -0.448 e. The molecule has 0 aliphatic rings. The normalized spacial score (nSPS) is 10.7. The molecule has 4 nitrogen and oxygen atoms in total. The van der Waals surface area contributed by atoms with Crippen LogP contribution in [0.15, 0.2) is 21.6 Å². The summed E-state index contributed by atoms with van der Waals surface area (Å²) in [4.78, 5) is 0. The second-order valence-corrected chi connectivity index (χ2v) is 3.19. The molecule has 1 heterocycles. The van der Waals surface area contributed by atoms with Crippen molar-refractivity contribution in [3.05, 3.63) is 17.9 Å². The van der Waals surface area contributed by atoms with Gasteiger partial charge < -0.3 is 4.42 Å². The highest BCUT2D eigenvalue weighted by molar-refractivity contribution is 7.85. The van der Waals surface area contributed by atoms with Crippen molar-refractivity contribution >= 4 is 22.5 Å². The topological polar surface area (TPSA) is 67.5 Å². The number of halogens is 1. The molecule has 0 radical (unpaired) electrons. The Morgan fingerprint density at radius 3 is 2.18 bits per heavy atom. The van der Waals surface area contributed by atoms with Gasteiger partial charge in [-0.3, -0.25) is 4.55 Å². The van der Waals surface area contributed by atoms with Gasteiger partial charge in [-0.05, 0) is 19.1 Å². The van der Waals surface area contributed by atoms with Crippen molar-refractivity contribution in [3.63, 3.8) is 0 Å². The molecular weight excluding hydrogens is 192 g/mol. The summed E-state index contributed by atoms with van der Waals surface area (Å²) in [5.74, 6) is 0.452. The van der Waals surface area contributed by atoms with Crippen LogP contribution >= 0.6 is 12.4 Å². The molecule has 0 spiro atoms. The van der Waals surface area contributed by atoms with Crippen LogP contribution in [0.25, 0.3) is 0 Å². The van der Waals surface area contributed by atoms with Crippen LogP contribution in [0.5, 0.6) is 0 Å². The highest BCUT2D eigenvalue weighted by atomic mass is 35.5. The molecule has 64 valence electrons. The Morgan fingerprint density at radius 2 is 2.00 bits per heavy atom. The number of hydrogen-bond donors (Lipinski definition) is 1. The molecule has 0 saturated carbocycles. The molecule has 0 aromatic carbocycles. The van der Waals surface area contributed by atoms with Crippen LogP contribution in [0.4, 0.5) is 0 Å². The highest BCUT2D eigenvalue weighted by Crippen LogP contribution is 2.11. The summed E-state index contributed by atoms with van der Waals surface area (Å²) in [5, 5.41) is -0.412. The third-order valence-electron chi connectivity index (χ3n) is 0.970. The zero-order valence-corrected chi connectivity index (χ0v) is 7.28. The van der Waals surface area contributed by atoms with Gasteiger partial charge in [-0.15, -0.1) is 12.4 Å². The SMILES string of the molecule is Cc1ccc(S(=O)(=O)O)o1.Cl. The first-order valence-electron chi connectivity index (χ1n) is 2.54. The van der Waals surface area contributed by atoms with Crippen molar-refractivity contribution in [1.29, 1.82) is 0 Å². The monoisotopic (exact) mass is 198 g/mol. The van der Waals surface area contributed by atoms with Gasteiger partial charge >= 0.3 is 10.1 Å². The zero-order chi connectivity index (χ0) is 7.78. The summed E-state index contributed by atoms with van der Waals surface area (Å²) in [6, 6.07) is 2.66. The van der Waals surface area contributed by atoms with Crippen molar-refractivity contribution in [2.24, 2.45) is 0 Å². The standard InChI is InChI=1S/C5H6O4S.ClH/c1-4-2-3-5(9-4)10(6,7)8;/h2-3H,1H3,(H,6,7,8);1H. The fraction of sp³-hybridized carbons (Fsp3) is 0.200. The predicted octanol–water partition coefficient (Wildman–Crippen LogP) is 1.26. The summed E-state index contributed by atoms with van der Waals surface area (Å²) >= 11 is 0. The Kier molecular flexibility index (Phi) is 3.10. The van der Waals surface area contributed by atoms with Crippen LogP contribution in [0.3, 0.4) is 0 Å². The van der Waals surface area contributed by atoms with Crippen molar-refractivity contribution in [2.45, 2.75) is 12.0 Å². The van der Waals surface area contributed by atoms with E-state index >= 15 is 0 Å². The number of rotatable bonds is 1. The summed E-state index contributed by atoms with van der Waals surface area (Å²) < 4.78 is 33.6. The number of hydrogen-bond acceptors (Lipinski definition) is 3. The Bertz CT molecular complexity index is 326. The first-order chi connectivity index (χ1) is 4.50. The van der Waals surface area contributed by atoms with E-state index in [1.807, 2.05) is 0 Å². The Hall–Kier alpha value is -0.520. The third kappa shape index (κ3) is 2.53. The molecule has 11 heavy (non-hydrogen) atoms. The summed E-state index contributed by atoms with van der Waals surface area (Å²) in [5.41, 5.74) is 0. The fourth-order valence-electron chi connectivity index (χ4n) is 0.551. The largest absolute Gasteiger partial charge is 0.448 e. The molecule has 1 N–H and O–H groups in total. The van der Waals surface area contributed by atoms with Gasteiger partial charge in [0.25, 0.3) is 0 Å². The number of aryl methyl sites for hydroxylation is 1. The smallest absolute Gasteiger partial charge is 0.328 e. The van der Waals surface area contributed by atoms with Gasteiger partial charge in [0.2, 0.25) is 5.09 Å². The van der Waals surface area contributed by atoms with E-state index < -0.39 is 15.2 Å². The molecule has 1 aromatic rings. The van der Waals surface area contributed by atoms with Crippen LogP contribution in [0, 0.1) is 6.92 Å². The lowest BCUT2D eigenvalue weighted by Gasteiger charge is -1.86. The maximum absolute atomic E-state index is 10.3. The lowest BCUT2D eigenvalue weighted by atomic mass is 10.5. The fourth-order valence-corrected chi connectivity index (χ4v) is 1.03. The molecular formula is C5H7ClO4S. The first kappa shape index (κ1) is 10.5. The maximum Gasteiger partial charge on any atom is 0.328 e. The van der Waals surface area contributed by atoms with E-state index in [1.54, 1.807) is 6.92 Å². The van der Waals surface area contributed by atoms with E-state index in [4.69, 9.17) is 4.55 Å². The Balaban J connectivity index is 0.000001000. The molecule has 0 atom stereocenters. The Morgan fingerprint density at radius 1 is 1.45 bits per heavy atom. The minimum atomic E-state index is -4.15. The van der Waals surface area contributed by atoms with Crippen LogP contribution in [-0.4, -0.2) is 13.0 Å². The van der Waals surface area contributed by atoms with Gasteiger partial charge in [-0.1, -0.05) is 0 Å². The van der Waals surface area contributed by atoms with Gasteiger partial charge in [0.05, 0.1) is 0 Å². The van der Waals surface area contributed by atoms with E-state index in [9.17, 15) is 8.42 Å². The lowest BCUT2D eigenvalue weighted by Crippen LogP contribution is -1.94. The van der Waals surface area contributed by atoms with E-state index in [2.05, 4.69) is 4.42 Å². The molecule has 1 rings (SSSR count). The molecule has 0 fully saturated rings. The van der Waals surface area contributed by atoms with Gasteiger partial charge in [0.1, 0.15) is 5.76 Å².